The summed E-state index contributed by atoms with van der Waals surface area (Å²) in [7, 11) is 0. The summed E-state index contributed by atoms with van der Waals surface area (Å²) in [6.45, 7) is 3.65. The number of rotatable bonds is 3. The molecular formula is C15H15F2NO. The number of halogens is 2. The van der Waals surface area contributed by atoms with Gasteiger partial charge in [0.2, 0.25) is 0 Å². The van der Waals surface area contributed by atoms with Crippen LogP contribution in [0.25, 0.3) is 0 Å². The Morgan fingerprint density at radius 1 is 1.11 bits per heavy atom. The van der Waals surface area contributed by atoms with Crippen molar-refractivity contribution >= 4 is 0 Å². The number of aliphatic hydroxyl groups is 1. The van der Waals surface area contributed by atoms with Crippen LogP contribution in [0.3, 0.4) is 0 Å². The van der Waals surface area contributed by atoms with Gasteiger partial charge < -0.3 is 5.11 Å². The average molecular weight is 263 g/mol. The maximum absolute atomic E-state index is 13.5. The zero-order chi connectivity index (χ0) is 14.0. The number of benzene rings is 1. The van der Waals surface area contributed by atoms with Crippen molar-refractivity contribution in [3.63, 3.8) is 0 Å². The second-order valence-corrected chi connectivity index (χ2v) is 4.64. The highest BCUT2D eigenvalue weighted by Crippen LogP contribution is 2.21. The molecule has 1 aromatic heterocycles. The Labute approximate surface area is 110 Å². The van der Waals surface area contributed by atoms with E-state index < -0.39 is 17.7 Å². The lowest BCUT2D eigenvalue weighted by atomic mass is 10.0. The number of hydrogen-bond acceptors (Lipinski definition) is 2. The van der Waals surface area contributed by atoms with Crippen LogP contribution in [0.2, 0.25) is 0 Å². The molecule has 2 nitrogen and oxygen atoms in total. The van der Waals surface area contributed by atoms with Crippen molar-refractivity contribution in [2.45, 2.75) is 26.4 Å². The van der Waals surface area contributed by atoms with Crippen LogP contribution in [-0.4, -0.2) is 10.1 Å². The Morgan fingerprint density at radius 2 is 1.74 bits per heavy atom. The lowest BCUT2D eigenvalue weighted by Crippen LogP contribution is -2.05. The SMILES string of the molecule is Cc1cc(C(O)Cc2cc(F)ccc2F)cc(C)n1. The molecule has 0 aliphatic rings. The van der Waals surface area contributed by atoms with E-state index in [1.165, 1.54) is 0 Å². The van der Waals surface area contributed by atoms with Crippen LogP contribution in [0, 0.1) is 25.5 Å². The molecule has 0 radical (unpaired) electrons. The van der Waals surface area contributed by atoms with Gasteiger partial charge in [-0.3, -0.25) is 4.98 Å². The molecule has 0 saturated heterocycles. The van der Waals surface area contributed by atoms with E-state index in [-0.39, 0.29) is 12.0 Å². The van der Waals surface area contributed by atoms with Crippen molar-refractivity contribution < 1.29 is 13.9 Å². The second kappa shape index (κ2) is 5.45. The first-order valence-electron chi connectivity index (χ1n) is 6.03. The molecule has 4 heteroatoms. The number of aliphatic hydroxyl groups excluding tert-OH is 1. The molecule has 19 heavy (non-hydrogen) atoms. The Balaban J connectivity index is 2.25. The largest absolute Gasteiger partial charge is 0.388 e. The molecule has 100 valence electrons. The van der Waals surface area contributed by atoms with Gasteiger partial charge in [0, 0.05) is 17.8 Å². The molecule has 1 N–H and O–H groups in total. The van der Waals surface area contributed by atoms with Crippen molar-refractivity contribution in [2.24, 2.45) is 0 Å². The molecule has 0 fully saturated rings. The van der Waals surface area contributed by atoms with Gasteiger partial charge in [-0.2, -0.15) is 0 Å². The number of hydrogen-bond donors (Lipinski definition) is 1. The fourth-order valence-electron chi connectivity index (χ4n) is 2.09. The smallest absolute Gasteiger partial charge is 0.126 e. The van der Waals surface area contributed by atoms with Crippen LogP contribution in [0.5, 0.6) is 0 Å². The molecule has 1 unspecified atom stereocenters. The van der Waals surface area contributed by atoms with Gasteiger partial charge in [0.15, 0.2) is 0 Å². The van der Waals surface area contributed by atoms with Crippen LogP contribution < -0.4 is 0 Å². The standard InChI is InChI=1S/C15H15F2NO/c1-9-5-12(6-10(2)18-9)15(19)8-11-7-13(16)3-4-14(11)17/h3-7,15,19H,8H2,1-2H3. The normalized spacial score (nSPS) is 12.5. The first kappa shape index (κ1) is 13.6. The maximum atomic E-state index is 13.5. The van der Waals surface area contributed by atoms with E-state index >= 15 is 0 Å². The summed E-state index contributed by atoms with van der Waals surface area (Å²) in [5, 5.41) is 10.1. The number of pyridine rings is 1. The average Bonchev–Trinajstić information content (AvgIpc) is 2.32. The minimum Gasteiger partial charge on any atom is -0.388 e. The lowest BCUT2D eigenvalue weighted by Gasteiger charge is -2.13. The van der Waals surface area contributed by atoms with Crippen molar-refractivity contribution in [1.82, 2.24) is 4.98 Å². The number of aryl methyl sites for hydroxylation is 2. The monoisotopic (exact) mass is 263 g/mol. The molecule has 1 heterocycles. The zero-order valence-corrected chi connectivity index (χ0v) is 10.8. The van der Waals surface area contributed by atoms with Crippen molar-refractivity contribution in [2.75, 3.05) is 0 Å². The van der Waals surface area contributed by atoms with Crippen LogP contribution in [-0.2, 0) is 6.42 Å². The van der Waals surface area contributed by atoms with Crippen LogP contribution in [0.1, 0.15) is 28.6 Å². The summed E-state index contributed by atoms with van der Waals surface area (Å²) in [5.74, 6) is -1.02. The van der Waals surface area contributed by atoms with Gasteiger partial charge in [-0.05, 0) is 55.3 Å². The Hall–Kier alpha value is -1.81. The zero-order valence-electron chi connectivity index (χ0n) is 10.8. The fraction of sp³-hybridized carbons (Fsp3) is 0.267. The van der Waals surface area contributed by atoms with Crippen molar-refractivity contribution in [3.05, 3.63) is 64.5 Å². The summed E-state index contributed by atoms with van der Waals surface area (Å²) in [4.78, 5) is 4.21. The summed E-state index contributed by atoms with van der Waals surface area (Å²) in [6, 6.07) is 6.73. The van der Waals surface area contributed by atoms with Crippen LogP contribution in [0.15, 0.2) is 30.3 Å². The minimum absolute atomic E-state index is 0.0342. The van der Waals surface area contributed by atoms with Gasteiger partial charge in [0.05, 0.1) is 6.10 Å². The predicted molar refractivity (Wildman–Crippen MR) is 68.7 cm³/mol. The van der Waals surface area contributed by atoms with E-state index in [4.69, 9.17) is 0 Å². The molecule has 1 aromatic carbocycles. The topological polar surface area (TPSA) is 33.1 Å². The molecular weight excluding hydrogens is 248 g/mol. The quantitative estimate of drug-likeness (QED) is 0.922. The Bertz CT molecular complexity index is 578. The second-order valence-electron chi connectivity index (χ2n) is 4.64. The third-order valence-corrected chi connectivity index (χ3v) is 2.91. The van der Waals surface area contributed by atoms with Gasteiger partial charge in [-0.1, -0.05) is 0 Å². The first-order valence-corrected chi connectivity index (χ1v) is 6.03. The van der Waals surface area contributed by atoms with E-state index in [1.54, 1.807) is 12.1 Å². The lowest BCUT2D eigenvalue weighted by molar-refractivity contribution is 0.176. The van der Waals surface area contributed by atoms with E-state index in [1.807, 2.05) is 13.8 Å². The highest BCUT2D eigenvalue weighted by atomic mass is 19.1. The van der Waals surface area contributed by atoms with Gasteiger partial charge in [-0.25, -0.2) is 8.78 Å². The molecule has 0 amide bonds. The van der Waals surface area contributed by atoms with Crippen LogP contribution >= 0.6 is 0 Å². The molecule has 0 bridgehead atoms. The highest BCUT2D eigenvalue weighted by molar-refractivity contribution is 5.26. The molecule has 2 aromatic rings. The minimum atomic E-state index is -0.878. The van der Waals surface area contributed by atoms with Gasteiger partial charge in [0.1, 0.15) is 11.6 Å². The first-order chi connectivity index (χ1) is 8.95. The van der Waals surface area contributed by atoms with E-state index in [0.29, 0.717) is 5.56 Å². The fourth-order valence-corrected chi connectivity index (χ4v) is 2.09. The van der Waals surface area contributed by atoms with Crippen molar-refractivity contribution in [1.29, 1.82) is 0 Å². The Kier molecular flexibility index (Phi) is 3.90. The molecule has 0 saturated carbocycles. The number of aromatic nitrogens is 1. The van der Waals surface area contributed by atoms with E-state index in [0.717, 1.165) is 29.6 Å². The molecule has 0 aliphatic heterocycles. The maximum Gasteiger partial charge on any atom is 0.126 e. The summed E-state index contributed by atoms with van der Waals surface area (Å²) >= 11 is 0. The third-order valence-electron chi connectivity index (χ3n) is 2.91. The summed E-state index contributed by atoms with van der Waals surface area (Å²) < 4.78 is 26.6. The van der Waals surface area contributed by atoms with Crippen molar-refractivity contribution in [3.8, 4) is 0 Å². The van der Waals surface area contributed by atoms with Gasteiger partial charge in [0.25, 0.3) is 0 Å². The van der Waals surface area contributed by atoms with E-state index in [2.05, 4.69) is 4.98 Å². The molecule has 0 spiro atoms. The van der Waals surface area contributed by atoms with Crippen LogP contribution in [0.4, 0.5) is 8.78 Å². The molecule has 2 rings (SSSR count). The predicted octanol–water partition coefficient (Wildman–Crippen LogP) is 3.25. The third kappa shape index (κ3) is 3.35. The van der Waals surface area contributed by atoms with Gasteiger partial charge >= 0.3 is 0 Å². The molecule has 0 aliphatic carbocycles. The summed E-state index contributed by atoms with van der Waals surface area (Å²) in [6.07, 6.45) is -0.844. The summed E-state index contributed by atoms with van der Waals surface area (Å²) in [5.41, 5.74) is 2.40. The number of nitrogens with zero attached hydrogens (tertiary/aromatic N) is 1. The molecule has 1 atom stereocenters. The Morgan fingerprint density at radius 3 is 2.37 bits per heavy atom. The van der Waals surface area contributed by atoms with Gasteiger partial charge in [-0.15, -0.1) is 0 Å². The highest BCUT2D eigenvalue weighted by Gasteiger charge is 2.13. The van der Waals surface area contributed by atoms with E-state index in [9.17, 15) is 13.9 Å².